The normalized spacial score (nSPS) is 11.9. The fourth-order valence-electron chi connectivity index (χ4n) is 3.36. The molecule has 0 radical (unpaired) electrons. The van der Waals surface area contributed by atoms with Crippen molar-refractivity contribution >= 4 is 10.9 Å². The zero-order valence-corrected chi connectivity index (χ0v) is 18.4. The lowest BCUT2D eigenvalue weighted by molar-refractivity contribution is 0.166. The maximum absolute atomic E-state index is 12.7. The third-order valence-corrected chi connectivity index (χ3v) is 5.79. The van der Waals surface area contributed by atoms with Gasteiger partial charge in [-0.25, -0.2) is 0 Å². The predicted molar refractivity (Wildman–Crippen MR) is 124 cm³/mol. The molecule has 0 amide bonds. The average Bonchev–Trinajstić information content (AvgIpc) is 3.14. The van der Waals surface area contributed by atoms with E-state index in [0.29, 0.717) is 12.4 Å². The van der Waals surface area contributed by atoms with Gasteiger partial charge in [0.15, 0.2) is 0 Å². The minimum atomic E-state index is -0.133. The van der Waals surface area contributed by atoms with Gasteiger partial charge in [-0.3, -0.25) is 14.0 Å². The van der Waals surface area contributed by atoms with Crippen LogP contribution in [-0.4, -0.2) is 38.9 Å². The van der Waals surface area contributed by atoms with Crippen LogP contribution in [0, 0.1) is 0 Å². The Morgan fingerprint density at radius 2 is 1.81 bits per heavy atom. The fourth-order valence-corrected chi connectivity index (χ4v) is 3.36. The van der Waals surface area contributed by atoms with Gasteiger partial charge >= 0.3 is 0 Å². The molecule has 0 atom stereocenters. The summed E-state index contributed by atoms with van der Waals surface area (Å²) in [6.45, 7) is 5.58. The number of pyridine rings is 1. The highest BCUT2D eigenvalue weighted by Gasteiger charge is 2.22. The number of fused-ring (bicyclic) bond motifs is 1. The van der Waals surface area contributed by atoms with E-state index in [0.717, 1.165) is 28.7 Å². The summed E-state index contributed by atoms with van der Waals surface area (Å²) in [7, 11) is 4.15. The molecule has 2 aromatic heterocycles. The molecule has 0 aliphatic heterocycles. The SMILES string of the molecule is CN(C)C(C)(C)Cn1ncc2cc(-n3ccc(OCc4ccccc4)cc3=O)ccc21. The van der Waals surface area contributed by atoms with E-state index >= 15 is 0 Å². The lowest BCUT2D eigenvalue weighted by Gasteiger charge is -2.32. The van der Waals surface area contributed by atoms with Gasteiger partial charge in [-0.15, -0.1) is 0 Å². The Hall–Kier alpha value is -3.38. The highest BCUT2D eigenvalue weighted by Crippen LogP contribution is 2.21. The van der Waals surface area contributed by atoms with Crippen LogP contribution in [0.5, 0.6) is 5.75 Å². The topological polar surface area (TPSA) is 52.3 Å². The maximum Gasteiger partial charge on any atom is 0.258 e. The van der Waals surface area contributed by atoms with Crippen LogP contribution < -0.4 is 10.3 Å². The molecule has 0 spiro atoms. The maximum atomic E-state index is 12.7. The lowest BCUT2D eigenvalue weighted by atomic mass is 10.0. The molecule has 0 unspecified atom stereocenters. The first kappa shape index (κ1) is 20.9. The second-order valence-electron chi connectivity index (χ2n) is 8.60. The summed E-state index contributed by atoms with van der Waals surface area (Å²) in [5.41, 5.74) is 2.76. The van der Waals surface area contributed by atoms with E-state index in [1.807, 2.05) is 65.5 Å². The minimum absolute atomic E-state index is 0.0237. The third kappa shape index (κ3) is 4.54. The molecular weight excluding hydrogens is 388 g/mol. The van der Waals surface area contributed by atoms with Gasteiger partial charge in [-0.05, 0) is 57.8 Å². The number of nitrogens with zero attached hydrogens (tertiary/aromatic N) is 4. The van der Waals surface area contributed by atoms with Gasteiger partial charge in [0, 0.05) is 28.9 Å². The zero-order valence-electron chi connectivity index (χ0n) is 18.4. The number of aromatic nitrogens is 3. The summed E-state index contributed by atoms with van der Waals surface area (Å²) in [5.74, 6) is 0.560. The molecule has 0 bridgehead atoms. The molecule has 160 valence electrons. The second-order valence-corrected chi connectivity index (χ2v) is 8.60. The molecule has 4 rings (SSSR count). The summed E-state index contributed by atoms with van der Waals surface area (Å²) in [6, 6.07) is 19.2. The average molecular weight is 417 g/mol. The predicted octanol–water partition coefficient (Wildman–Crippen LogP) is 4.11. The summed E-state index contributed by atoms with van der Waals surface area (Å²) >= 11 is 0. The van der Waals surface area contributed by atoms with Gasteiger partial charge in [0.1, 0.15) is 12.4 Å². The summed E-state index contributed by atoms with van der Waals surface area (Å²) in [5, 5.41) is 5.57. The van der Waals surface area contributed by atoms with E-state index in [-0.39, 0.29) is 11.1 Å². The Balaban J connectivity index is 1.55. The van der Waals surface area contributed by atoms with Crippen LogP contribution in [0.2, 0.25) is 0 Å². The fraction of sp³-hybridized carbons (Fsp3) is 0.280. The van der Waals surface area contributed by atoms with E-state index in [1.54, 1.807) is 10.8 Å². The molecule has 6 nitrogen and oxygen atoms in total. The molecule has 0 saturated heterocycles. The highest BCUT2D eigenvalue weighted by atomic mass is 16.5. The van der Waals surface area contributed by atoms with Crippen molar-refractivity contribution in [3.05, 3.63) is 89.0 Å². The molecule has 0 aliphatic carbocycles. The lowest BCUT2D eigenvalue weighted by Crippen LogP contribution is -2.42. The molecule has 0 fully saturated rings. The van der Waals surface area contributed by atoms with Crippen molar-refractivity contribution in [2.24, 2.45) is 0 Å². The number of likely N-dealkylation sites (N-methyl/N-ethyl adjacent to an activating group) is 1. The van der Waals surface area contributed by atoms with E-state index in [2.05, 4.69) is 37.9 Å². The van der Waals surface area contributed by atoms with Crippen molar-refractivity contribution in [1.29, 1.82) is 0 Å². The molecule has 0 saturated carbocycles. The van der Waals surface area contributed by atoms with Gasteiger partial charge in [0.2, 0.25) is 0 Å². The summed E-state index contributed by atoms with van der Waals surface area (Å²) < 4.78 is 9.41. The van der Waals surface area contributed by atoms with Gasteiger partial charge < -0.3 is 9.64 Å². The van der Waals surface area contributed by atoms with Crippen molar-refractivity contribution in [3.63, 3.8) is 0 Å². The summed E-state index contributed by atoms with van der Waals surface area (Å²) in [4.78, 5) is 14.9. The van der Waals surface area contributed by atoms with Gasteiger partial charge in [0.25, 0.3) is 5.56 Å². The Morgan fingerprint density at radius 1 is 1.03 bits per heavy atom. The number of hydrogen-bond donors (Lipinski definition) is 0. The van der Waals surface area contributed by atoms with Crippen LogP contribution in [0.25, 0.3) is 16.6 Å². The molecule has 31 heavy (non-hydrogen) atoms. The van der Waals surface area contributed by atoms with Gasteiger partial charge in [-0.2, -0.15) is 5.10 Å². The van der Waals surface area contributed by atoms with Crippen LogP contribution >= 0.6 is 0 Å². The van der Waals surface area contributed by atoms with Crippen molar-refractivity contribution in [2.75, 3.05) is 14.1 Å². The molecule has 6 heteroatoms. The van der Waals surface area contributed by atoms with Crippen molar-refractivity contribution < 1.29 is 4.74 Å². The van der Waals surface area contributed by atoms with Crippen LogP contribution in [0.4, 0.5) is 0 Å². The Morgan fingerprint density at radius 3 is 2.52 bits per heavy atom. The first-order chi connectivity index (χ1) is 14.8. The Kier molecular flexibility index (Phi) is 5.65. The molecule has 0 aliphatic rings. The smallest absolute Gasteiger partial charge is 0.258 e. The van der Waals surface area contributed by atoms with E-state index in [4.69, 9.17) is 4.74 Å². The molecule has 2 heterocycles. The van der Waals surface area contributed by atoms with Crippen LogP contribution in [0.1, 0.15) is 19.4 Å². The molecule has 4 aromatic rings. The van der Waals surface area contributed by atoms with Crippen LogP contribution in [0.15, 0.2) is 77.9 Å². The Bertz CT molecular complexity index is 1240. The number of hydrogen-bond acceptors (Lipinski definition) is 4. The van der Waals surface area contributed by atoms with Gasteiger partial charge in [0.05, 0.1) is 18.3 Å². The second kappa shape index (κ2) is 8.40. The first-order valence-electron chi connectivity index (χ1n) is 10.4. The number of rotatable bonds is 7. The van der Waals surface area contributed by atoms with Crippen molar-refractivity contribution in [1.82, 2.24) is 19.2 Å². The van der Waals surface area contributed by atoms with E-state index in [1.165, 1.54) is 6.07 Å². The quantitative estimate of drug-likeness (QED) is 0.455. The third-order valence-electron chi connectivity index (χ3n) is 5.79. The number of benzene rings is 2. The zero-order chi connectivity index (χ0) is 22.0. The van der Waals surface area contributed by atoms with Gasteiger partial charge in [-0.1, -0.05) is 30.3 Å². The minimum Gasteiger partial charge on any atom is -0.489 e. The monoisotopic (exact) mass is 416 g/mol. The Labute approximate surface area is 182 Å². The number of ether oxygens (including phenoxy) is 1. The van der Waals surface area contributed by atoms with Crippen molar-refractivity contribution in [3.8, 4) is 11.4 Å². The van der Waals surface area contributed by atoms with Crippen LogP contribution in [0.3, 0.4) is 0 Å². The molecule has 0 N–H and O–H groups in total. The highest BCUT2D eigenvalue weighted by molar-refractivity contribution is 5.81. The van der Waals surface area contributed by atoms with Crippen LogP contribution in [-0.2, 0) is 13.2 Å². The molecular formula is C25H28N4O2. The van der Waals surface area contributed by atoms with Crippen molar-refractivity contribution in [2.45, 2.75) is 32.5 Å². The largest absolute Gasteiger partial charge is 0.489 e. The van der Waals surface area contributed by atoms with E-state index < -0.39 is 0 Å². The van der Waals surface area contributed by atoms with E-state index in [9.17, 15) is 4.79 Å². The molecule has 2 aromatic carbocycles. The first-order valence-corrected chi connectivity index (χ1v) is 10.4. The standard InChI is InChI=1S/C25H28N4O2/c1-25(2,27(3)4)18-29-23-11-10-21(14-20(23)16-26-29)28-13-12-22(15-24(28)30)31-17-19-8-6-5-7-9-19/h5-16H,17-18H2,1-4H3. The summed E-state index contributed by atoms with van der Waals surface area (Å²) in [6.07, 6.45) is 3.61.